The van der Waals surface area contributed by atoms with Crippen molar-refractivity contribution in [2.75, 3.05) is 17.3 Å². The number of nitrogens with zero attached hydrogens (tertiary/aromatic N) is 1. The van der Waals surface area contributed by atoms with Crippen molar-refractivity contribution in [2.45, 2.75) is 25.9 Å². The van der Waals surface area contributed by atoms with Gasteiger partial charge in [0.05, 0.1) is 5.75 Å². The highest BCUT2D eigenvalue weighted by Crippen LogP contribution is 2.26. The minimum Gasteiger partial charge on any atom is -0.324 e. The zero-order chi connectivity index (χ0) is 19.6. The van der Waals surface area contributed by atoms with E-state index in [1.807, 2.05) is 37.3 Å². The van der Waals surface area contributed by atoms with Gasteiger partial charge in [-0.15, -0.1) is 0 Å². The van der Waals surface area contributed by atoms with Crippen LogP contribution in [-0.2, 0) is 21.2 Å². The zero-order valence-corrected chi connectivity index (χ0v) is 16.1. The summed E-state index contributed by atoms with van der Waals surface area (Å²) in [6.45, 7) is 2.17. The Balaban J connectivity index is 1.86. The summed E-state index contributed by atoms with van der Waals surface area (Å²) in [5, 5.41) is 2.84. The molecule has 0 aliphatic carbocycles. The number of anilines is 1. The number of sulfone groups is 1. The number of hydrogen-bond donors (Lipinski definition) is 1. The molecule has 3 rings (SSSR count). The number of para-hydroxylation sites is 1. The first-order valence-corrected chi connectivity index (χ1v) is 10.8. The van der Waals surface area contributed by atoms with E-state index in [0.29, 0.717) is 17.8 Å². The highest BCUT2D eigenvalue weighted by molar-refractivity contribution is 7.90. The Morgan fingerprint density at radius 3 is 2.48 bits per heavy atom. The van der Waals surface area contributed by atoms with Crippen molar-refractivity contribution < 1.29 is 18.0 Å². The molecule has 2 amide bonds. The molecule has 0 fully saturated rings. The maximum Gasteiger partial charge on any atom is 0.255 e. The molecule has 7 heteroatoms. The van der Waals surface area contributed by atoms with E-state index in [0.717, 1.165) is 17.4 Å². The van der Waals surface area contributed by atoms with Crippen LogP contribution in [0.3, 0.4) is 0 Å². The van der Waals surface area contributed by atoms with E-state index >= 15 is 0 Å². The summed E-state index contributed by atoms with van der Waals surface area (Å²) in [5.74, 6) is -0.794. The van der Waals surface area contributed by atoms with E-state index in [-0.39, 0.29) is 24.0 Å². The van der Waals surface area contributed by atoms with E-state index in [2.05, 4.69) is 5.32 Å². The van der Waals surface area contributed by atoms with Crippen molar-refractivity contribution in [3.8, 4) is 0 Å². The Hall–Kier alpha value is -2.67. The SMILES string of the molecule is Cc1ccccc1NC(=O)C(CCS(C)(=O)=O)N1Cc2ccccc2C1=O. The molecule has 1 atom stereocenters. The Morgan fingerprint density at radius 2 is 1.81 bits per heavy atom. The number of rotatable bonds is 6. The van der Waals surface area contributed by atoms with Crippen molar-refractivity contribution in [1.82, 2.24) is 4.90 Å². The number of aryl methyl sites for hydroxylation is 1. The van der Waals surface area contributed by atoms with E-state index < -0.39 is 15.9 Å². The third kappa shape index (κ3) is 4.36. The lowest BCUT2D eigenvalue weighted by atomic mass is 10.1. The lowest BCUT2D eigenvalue weighted by molar-refractivity contribution is -0.120. The van der Waals surface area contributed by atoms with Crippen LogP contribution in [-0.4, -0.2) is 43.2 Å². The van der Waals surface area contributed by atoms with Gasteiger partial charge in [-0.25, -0.2) is 8.42 Å². The monoisotopic (exact) mass is 386 g/mol. The number of carbonyl (C=O) groups excluding carboxylic acids is 2. The molecule has 2 aromatic rings. The van der Waals surface area contributed by atoms with Crippen molar-refractivity contribution in [1.29, 1.82) is 0 Å². The van der Waals surface area contributed by atoms with Gasteiger partial charge in [-0.05, 0) is 36.6 Å². The fraction of sp³-hybridized carbons (Fsp3) is 0.300. The Labute approximate surface area is 159 Å². The molecule has 142 valence electrons. The Kier molecular flexibility index (Phi) is 5.32. The number of benzene rings is 2. The molecule has 2 aromatic carbocycles. The second-order valence-electron chi connectivity index (χ2n) is 6.83. The van der Waals surface area contributed by atoms with Gasteiger partial charge in [-0.1, -0.05) is 36.4 Å². The van der Waals surface area contributed by atoms with Crippen LogP contribution in [0.5, 0.6) is 0 Å². The molecule has 0 bridgehead atoms. The molecule has 1 N–H and O–H groups in total. The number of fused-ring (bicyclic) bond motifs is 1. The van der Waals surface area contributed by atoms with E-state index in [1.165, 1.54) is 4.90 Å². The summed E-state index contributed by atoms with van der Waals surface area (Å²) in [7, 11) is -3.27. The minimum atomic E-state index is -3.27. The molecule has 27 heavy (non-hydrogen) atoms. The topological polar surface area (TPSA) is 83.6 Å². The fourth-order valence-electron chi connectivity index (χ4n) is 3.21. The van der Waals surface area contributed by atoms with Crippen molar-refractivity contribution in [2.24, 2.45) is 0 Å². The number of amides is 2. The molecule has 0 radical (unpaired) electrons. The highest BCUT2D eigenvalue weighted by atomic mass is 32.2. The summed E-state index contributed by atoms with van der Waals surface area (Å²) >= 11 is 0. The summed E-state index contributed by atoms with van der Waals surface area (Å²) in [6.07, 6.45) is 1.18. The first-order valence-electron chi connectivity index (χ1n) is 8.69. The van der Waals surface area contributed by atoms with Gasteiger partial charge in [0, 0.05) is 24.1 Å². The lowest BCUT2D eigenvalue weighted by Gasteiger charge is -2.27. The van der Waals surface area contributed by atoms with Gasteiger partial charge in [-0.3, -0.25) is 9.59 Å². The standard InChI is InChI=1S/C20H22N2O4S/c1-14-7-3-6-10-17(14)21-19(23)18(11-12-27(2,25)26)22-13-15-8-4-5-9-16(15)20(22)24/h3-10,18H,11-13H2,1-2H3,(H,21,23). The molecule has 0 aromatic heterocycles. The predicted octanol–water partition coefficient (Wildman–Crippen LogP) is 2.39. The van der Waals surface area contributed by atoms with Gasteiger partial charge >= 0.3 is 0 Å². The summed E-state index contributed by atoms with van der Waals surface area (Å²) in [5.41, 5.74) is 2.95. The first-order chi connectivity index (χ1) is 12.8. The molecule has 1 unspecified atom stereocenters. The lowest BCUT2D eigenvalue weighted by Crippen LogP contribution is -2.45. The summed E-state index contributed by atoms with van der Waals surface area (Å²) < 4.78 is 23.3. The molecule has 6 nitrogen and oxygen atoms in total. The third-order valence-electron chi connectivity index (χ3n) is 4.69. The molecule has 1 heterocycles. The van der Waals surface area contributed by atoms with Gasteiger partial charge in [0.15, 0.2) is 0 Å². The second kappa shape index (κ2) is 7.52. The molecule has 1 aliphatic heterocycles. The van der Waals surface area contributed by atoms with Gasteiger partial charge < -0.3 is 10.2 Å². The van der Waals surface area contributed by atoms with Gasteiger partial charge in [0.25, 0.3) is 5.91 Å². The number of carbonyl (C=O) groups is 2. The normalized spacial score (nSPS) is 14.7. The van der Waals surface area contributed by atoms with Gasteiger partial charge in [-0.2, -0.15) is 0 Å². The first kappa shape index (κ1) is 19.1. The largest absolute Gasteiger partial charge is 0.324 e. The summed E-state index contributed by atoms with van der Waals surface area (Å²) in [4.78, 5) is 27.2. The predicted molar refractivity (Wildman–Crippen MR) is 104 cm³/mol. The van der Waals surface area contributed by atoms with E-state index in [1.54, 1.807) is 18.2 Å². The van der Waals surface area contributed by atoms with E-state index in [4.69, 9.17) is 0 Å². The van der Waals surface area contributed by atoms with Gasteiger partial charge in [0.2, 0.25) is 5.91 Å². The van der Waals surface area contributed by atoms with Gasteiger partial charge in [0.1, 0.15) is 15.9 Å². The second-order valence-corrected chi connectivity index (χ2v) is 9.09. The molecule has 1 aliphatic rings. The zero-order valence-electron chi connectivity index (χ0n) is 15.3. The molecule has 0 saturated carbocycles. The maximum atomic E-state index is 13.0. The fourth-order valence-corrected chi connectivity index (χ4v) is 3.86. The Bertz CT molecular complexity index is 985. The number of nitrogens with one attached hydrogen (secondary N) is 1. The Morgan fingerprint density at radius 1 is 1.15 bits per heavy atom. The average molecular weight is 386 g/mol. The average Bonchev–Trinajstić information content (AvgIpc) is 2.93. The molecular formula is C20H22N2O4S. The third-order valence-corrected chi connectivity index (χ3v) is 5.67. The van der Waals surface area contributed by atoms with Crippen LogP contribution in [0.4, 0.5) is 5.69 Å². The quantitative estimate of drug-likeness (QED) is 0.826. The van der Waals surface area contributed by atoms with Crippen LogP contribution >= 0.6 is 0 Å². The van der Waals surface area contributed by atoms with Crippen LogP contribution < -0.4 is 5.32 Å². The van der Waals surface area contributed by atoms with Crippen LogP contribution in [0.15, 0.2) is 48.5 Å². The van der Waals surface area contributed by atoms with Crippen molar-refractivity contribution >= 4 is 27.3 Å². The van der Waals surface area contributed by atoms with Crippen molar-refractivity contribution in [3.63, 3.8) is 0 Å². The van der Waals surface area contributed by atoms with E-state index in [9.17, 15) is 18.0 Å². The molecular weight excluding hydrogens is 364 g/mol. The summed E-state index contributed by atoms with van der Waals surface area (Å²) in [6, 6.07) is 13.7. The van der Waals surface area contributed by atoms with Crippen LogP contribution in [0.25, 0.3) is 0 Å². The van der Waals surface area contributed by atoms with Crippen molar-refractivity contribution in [3.05, 3.63) is 65.2 Å². The molecule has 0 spiro atoms. The molecule has 0 saturated heterocycles. The smallest absolute Gasteiger partial charge is 0.255 e. The highest BCUT2D eigenvalue weighted by Gasteiger charge is 2.36. The maximum absolute atomic E-state index is 13.0. The van der Waals surface area contributed by atoms with Crippen LogP contribution in [0, 0.1) is 6.92 Å². The number of hydrogen-bond acceptors (Lipinski definition) is 4. The minimum absolute atomic E-state index is 0.0519. The van der Waals surface area contributed by atoms with Crippen LogP contribution in [0.1, 0.15) is 27.9 Å². The van der Waals surface area contributed by atoms with Crippen LogP contribution in [0.2, 0.25) is 0 Å².